The predicted molar refractivity (Wildman–Crippen MR) is 84.6 cm³/mol. The van der Waals surface area contributed by atoms with Gasteiger partial charge in [-0.25, -0.2) is 0 Å². The zero-order valence-electron chi connectivity index (χ0n) is 12.1. The molecule has 1 aromatic rings. The first-order chi connectivity index (χ1) is 10.7. The third-order valence-electron chi connectivity index (χ3n) is 3.88. The molecule has 2 N–H and O–H groups in total. The fourth-order valence-electron chi connectivity index (χ4n) is 2.79. The predicted octanol–water partition coefficient (Wildman–Crippen LogP) is 1.03. The van der Waals surface area contributed by atoms with Crippen LogP contribution in [-0.2, 0) is 14.2 Å². The Balaban J connectivity index is 1.57. The van der Waals surface area contributed by atoms with E-state index >= 15 is 0 Å². The molecule has 6 nitrogen and oxygen atoms in total. The van der Waals surface area contributed by atoms with Crippen LogP contribution in [0, 0.1) is 11.3 Å². The van der Waals surface area contributed by atoms with Gasteiger partial charge in [-0.05, 0) is 30.4 Å². The standard InChI is InChI=1S/C15H17N3O3S/c1-19-12-8-21-13-11(7-20-14(12)13)18-15(22)17-10-4-2-3-9(5-10)6-16/h2-5,11-14H,7-8H2,1H3,(H2,17,18,22)/t11-,12+,13+,14+/m0/s1. The van der Waals surface area contributed by atoms with Crippen LogP contribution in [0.1, 0.15) is 5.56 Å². The van der Waals surface area contributed by atoms with Crippen LogP contribution in [0.2, 0.25) is 0 Å². The van der Waals surface area contributed by atoms with Crippen molar-refractivity contribution >= 4 is 23.0 Å². The highest BCUT2D eigenvalue weighted by Gasteiger charge is 2.48. The smallest absolute Gasteiger partial charge is 0.171 e. The molecule has 2 fully saturated rings. The zero-order valence-corrected chi connectivity index (χ0v) is 12.9. The van der Waals surface area contributed by atoms with Crippen LogP contribution in [0.15, 0.2) is 24.3 Å². The molecule has 2 heterocycles. The molecule has 2 aliphatic heterocycles. The van der Waals surface area contributed by atoms with Crippen molar-refractivity contribution in [3.63, 3.8) is 0 Å². The molecule has 0 spiro atoms. The average Bonchev–Trinajstić information content (AvgIpc) is 3.10. The minimum Gasteiger partial charge on any atom is -0.376 e. The summed E-state index contributed by atoms with van der Waals surface area (Å²) in [6.07, 6.45) is -0.131. The molecule has 0 aromatic heterocycles. The second-order valence-electron chi connectivity index (χ2n) is 5.27. The highest BCUT2D eigenvalue weighted by Crippen LogP contribution is 2.28. The SMILES string of the molecule is CO[C@@H]1CO[C@H]2[C@@H]1OC[C@@H]2NC(=S)Nc1cccc(C#N)c1. The molecule has 0 amide bonds. The zero-order chi connectivity index (χ0) is 15.5. The van der Waals surface area contributed by atoms with Crippen molar-refractivity contribution in [2.45, 2.75) is 24.4 Å². The number of methoxy groups -OCH3 is 1. The third-order valence-corrected chi connectivity index (χ3v) is 4.10. The summed E-state index contributed by atoms with van der Waals surface area (Å²) in [6, 6.07) is 9.24. The van der Waals surface area contributed by atoms with Gasteiger partial charge in [-0.1, -0.05) is 6.07 Å². The molecule has 0 aliphatic carbocycles. The Labute approximate surface area is 134 Å². The number of thiocarbonyl (C=S) groups is 1. The van der Waals surface area contributed by atoms with Crippen molar-refractivity contribution in [1.82, 2.24) is 5.32 Å². The molecule has 0 radical (unpaired) electrons. The molecular weight excluding hydrogens is 302 g/mol. The van der Waals surface area contributed by atoms with E-state index in [2.05, 4.69) is 16.7 Å². The second kappa shape index (κ2) is 6.58. The monoisotopic (exact) mass is 319 g/mol. The Morgan fingerprint density at radius 2 is 2.18 bits per heavy atom. The number of fused-ring (bicyclic) bond motifs is 1. The maximum absolute atomic E-state index is 8.91. The third kappa shape index (κ3) is 3.05. The topological polar surface area (TPSA) is 75.5 Å². The summed E-state index contributed by atoms with van der Waals surface area (Å²) >= 11 is 5.32. The van der Waals surface area contributed by atoms with Crippen LogP contribution >= 0.6 is 12.2 Å². The van der Waals surface area contributed by atoms with E-state index in [1.807, 2.05) is 12.1 Å². The molecule has 7 heteroatoms. The van der Waals surface area contributed by atoms with E-state index in [9.17, 15) is 0 Å². The van der Waals surface area contributed by atoms with E-state index in [-0.39, 0.29) is 24.4 Å². The van der Waals surface area contributed by atoms with Gasteiger partial charge in [0.15, 0.2) is 5.11 Å². The Bertz CT molecular complexity index is 604. The van der Waals surface area contributed by atoms with E-state index in [0.29, 0.717) is 23.9 Å². The number of ether oxygens (including phenoxy) is 3. The van der Waals surface area contributed by atoms with E-state index < -0.39 is 0 Å². The summed E-state index contributed by atoms with van der Waals surface area (Å²) in [6.45, 7) is 1.06. The minimum absolute atomic E-state index is 0.00991. The van der Waals surface area contributed by atoms with Crippen molar-refractivity contribution in [2.75, 3.05) is 25.6 Å². The maximum Gasteiger partial charge on any atom is 0.171 e. The molecular formula is C15H17N3O3S. The fraction of sp³-hybridized carbons (Fsp3) is 0.467. The van der Waals surface area contributed by atoms with Crippen molar-refractivity contribution in [2.24, 2.45) is 0 Å². The molecule has 0 unspecified atom stereocenters. The lowest BCUT2D eigenvalue weighted by molar-refractivity contribution is -0.00798. The summed E-state index contributed by atoms with van der Waals surface area (Å²) in [5.74, 6) is 0. The molecule has 3 rings (SSSR count). The molecule has 2 aliphatic rings. The van der Waals surface area contributed by atoms with Crippen LogP contribution in [0.25, 0.3) is 0 Å². The summed E-state index contributed by atoms with van der Waals surface area (Å²) in [7, 11) is 1.66. The first kappa shape index (κ1) is 15.2. The van der Waals surface area contributed by atoms with Crippen LogP contribution in [0.3, 0.4) is 0 Å². The van der Waals surface area contributed by atoms with Crippen molar-refractivity contribution in [3.05, 3.63) is 29.8 Å². The molecule has 0 bridgehead atoms. The van der Waals surface area contributed by atoms with Crippen molar-refractivity contribution in [3.8, 4) is 6.07 Å². The van der Waals surface area contributed by atoms with Gasteiger partial charge >= 0.3 is 0 Å². The van der Waals surface area contributed by atoms with Crippen molar-refractivity contribution < 1.29 is 14.2 Å². The number of anilines is 1. The first-order valence-electron chi connectivity index (χ1n) is 7.05. The summed E-state index contributed by atoms with van der Waals surface area (Å²) in [4.78, 5) is 0. The molecule has 1 aromatic carbocycles. The first-order valence-corrected chi connectivity index (χ1v) is 7.46. The highest BCUT2D eigenvalue weighted by molar-refractivity contribution is 7.80. The number of hydrogen-bond donors (Lipinski definition) is 2. The normalized spacial score (nSPS) is 29.6. The summed E-state index contributed by atoms with van der Waals surface area (Å²) in [5, 5.41) is 15.7. The molecule has 4 atom stereocenters. The lowest BCUT2D eigenvalue weighted by Gasteiger charge is -2.19. The molecule has 2 saturated heterocycles. The lowest BCUT2D eigenvalue weighted by atomic mass is 10.1. The number of rotatable bonds is 3. The number of benzene rings is 1. The van der Waals surface area contributed by atoms with Gasteiger partial charge in [0.25, 0.3) is 0 Å². The van der Waals surface area contributed by atoms with Crippen LogP contribution in [-0.4, -0.2) is 49.8 Å². The van der Waals surface area contributed by atoms with Crippen LogP contribution in [0.4, 0.5) is 5.69 Å². The maximum atomic E-state index is 8.91. The Hall–Kier alpha value is -1.72. The van der Waals surface area contributed by atoms with Gasteiger partial charge in [0.2, 0.25) is 0 Å². The van der Waals surface area contributed by atoms with Gasteiger partial charge in [-0.3, -0.25) is 0 Å². The second-order valence-corrected chi connectivity index (χ2v) is 5.68. The molecule has 0 saturated carbocycles. The minimum atomic E-state index is -0.0601. The van der Waals surface area contributed by atoms with Gasteiger partial charge < -0.3 is 24.8 Å². The Morgan fingerprint density at radius 3 is 2.95 bits per heavy atom. The van der Waals surface area contributed by atoms with Crippen LogP contribution < -0.4 is 10.6 Å². The van der Waals surface area contributed by atoms with E-state index in [1.54, 1.807) is 19.2 Å². The Kier molecular flexibility index (Phi) is 4.55. The van der Waals surface area contributed by atoms with Crippen molar-refractivity contribution in [1.29, 1.82) is 5.26 Å². The van der Waals surface area contributed by atoms with Crippen LogP contribution in [0.5, 0.6) is 0 Å². The highest BCUT2D eigenvalue weighted by atomic mass is 32.1. The molecule has 116 valence electrons. The number of nitriles is 1. The van der Waals surface area contributed by atoms with E-state index in [0.717, 1.165) is 5.69 Å². The Morgan fingerprint density at radius 1 is 1.36 bits per heavy atom. The largest absolute Gasteiger partial charge is 0.376 e. The van der Waals surface area contributed by atoms with Gasteiger partial charge in [-0.15, -0.1) is 0 Å². The number of nitrogens with one attached hydrogen (secondary N) is 2. The van der Waals surface area contributed by atoms with Gasteiger partial charge in [0.1, 0.15) is 18.3 Å². The number of nitrogens with zero attached hydrogens (tertiary/aromatic N) is 1. The van der Waals surface area contributed by atoms with Gasteiger partial charge in [0.05, 0.1) is 30.9 Å². The van der Waals surface area contributed by atoms with E-state index in [1.165, 1.54) is 0 Å². The quantitative estimate of drug-likeness (QED) is 0.806. The lowest BCUT2D eigenvalue weighted by Crippen LogP contribution is -2.45. The van der Waals surface area contributed by atoms with Gasteiger partial charge in [0, 0.05) is 12.8 Å². The number of hydrogen-bond acceptors (Lipinski definition) is 5. The average molecular weight is 319 g/mol. The van der Waals surface area contributed by atoms with E-state index in [4.69, 9.17) is 31.7 Å². The van der Waals surface area contributed by atoms with Gasteiger partial charge in [-0.2, -0.15) is 5.26 Å². The summed E-state index contributed by atoms with van der Waals surface area (Å²) < 4.78 is 16.8. The summed E-state index contributed by atoms with van der Waals surface area (Å²) in [5.41, 5.74) is 1.35. The molecule has 22 heavy (non-hydrogen) atoms. The fourth-order valence-corrected chi connectivity index (χ4v) is 3.06.